The number of nitrogens with zero attached hydrogens (tertiary/aromatic N) is 4. The first-order chi connectivity index (χ1) is 11.9. The SMILES string of the molecule is COCC(=O)N[C@@H]1CN(c2nc(N(C)C)nc(C)c2C)C[C@H]1C1CC1. The predicted molar refractivity (Wildman–Crippen MR) is 98.1 cm³/mol. The molecule has 1 N–H and O–H groups in total. The van der Waals surface area contributed by atoms with Crippen molar-refractivity contribution < 1.29 is 9.53 Å². The van der Waals surface area contributed by atoms with E-state index in [1.807, 2.05) is 25.9 Å². The van der Waals surface area contributed by atoms with Gasteiger partial charge in [0.1, 0.15) is 12.4 Å². The highest BCUT2D eigenvalue weighted by Gasteiger charge is 2.43. The van der Waals surface area contributed by atoms with Gasteiger partial charge in [-0.3, -0.25) is 4.79 Å². The Morgan fingerprint density at radius 2 is 2.00 bits per heavy atom. The van der Waals surface area contributed by atoms with Crippen LogP contribution in [-0.4, -0.2) is 62.8 Å². The van der Waals surface area contributed by atoms with Gasteiger partial charge in [-0.1, -0.05) is 0 Å². The number of ether oxygens (including phenoxy) is 1. The molecule has 1 saturated heterocycles. The van der Waals surface area contributed by atoms with E-state index in [0.717, 1.165) is 42.0 Å². The number of carbonyl (C=O) groups is 1. The summed E-state index contributed by atoms with van der Waals surface area (Å²) in [5.74, 6) is 2.88. The van der Waals surface area contributed by atoms with Gasteiger partial charge in [-0.15, -0.1) is 0 Å². The molecule has 7 nitrogen and oxygen atoms in total. The largest absolute Gasteiger partial charge is 0.375 e. The summed E-state index contributed by atoms with van der Waals surface area (Å²) in [6.07, 6.45) is 2.53. The van der Waals surface area contributed by atoms with Crippen molar-refractivity contribution in [3.8, 4) is 0 Å². The van der Waals surface area contributed by atoms with Crippen LogP contribution in [0, 0.1) is 25.7 Å². The smallest absolute Gasteiger partial charge is 0.246 e. The average molecular weight is 347 g/mol. The lowest BCUT2D eigenvalue weighted by molar-refractivity contribution is -0.125. The molecule has 138 valence electrons. The zero-order chi connectivity index (χ0) is 18.1. The molecule has 1 aliphatic heterocycles. The van der Waals surface area contributed by atoms with Gasteiger partial charge >= 0.3 is 0 Å². The Hall–Kier alpha value is -1.89. The average Bonchev–Trinajstić information content (AvgIpc) is 3.31. The van der Waals surface area contributed by atoms with Gasteiger partial charge in [-0.05, 0) is 32.6 Å². The lowest BCUT2D eigenvalue weighted by atomic mass is 9.98. The summed E-state index contributed by atoms with van der Waals surface area (Å²) in [5, 5.41) is 3.16. The highest BCUT2D eigenvalue weighted by molar-refractivity contribution is 5.77. The Kier molecular flexibility index (Phi) is 5.13. The molecule has 1 amide bonds. The van der Waals surface area contributed by atoms with Crippen LogP contribution in [0.3, 0.4) is 0 Å². The molecule has 0 bridgehead atoms. The number of aryl methyl sites for hydroxylation is 1. The minimum atomic E-state index is -0.0374. The molecular formula is C18H29N5O2. The van der Waals surface area contributed by atoms with Crippen LogP contribution < -0.4 is 15.1 Å². The Labute approximate surface area is 149 Å². The van der Waals surface area contributed by atoms with E-state index in [9.17, 15) is 4.79 Å². The molecule has 7 heteroatoms. The second-order valence-corrected chi connectivity index (χ2v) is 7.47. The van der Waals surface area contributed by atoms with E-state index in [-0.39, 0.29) is 18.6 Å². The highest BCUT2D eigenvalue weighted by atomic mass is 16.5. The molecule has 0 unspecified atom stereocenters. The van der Waals surface area contributed by atoms with Crippen LogP contribution >= 0.6 is 0 Å². The van der Waals surface area contributed by atoms with Crippen molar-refractivity contribution >= 4 is 17.7 Å². The van der Waals surface area contributed by atoms with Crippen LogP contribution in [0.15, 0.2) is 0 Å². The molecule has 1 saturated carbocycles. The molecule has 2 heterocycles. The number of methoxy groups -OCH3 is 1. The fraction of sp³-hybridized carbons (Fsp3) is 0.722. The normalized spacial score (nSPS) is 23.0. The topological polar surface area (TPSA) is 70.6 Å². The number of aromatic nitrogens is 2. The van der Waals surface area contributed by atoms with Crippen LogP contribution in [0.5, 0.6) is 0 Å². The Morgan fingerprint density at radius 3 is 2.60 bits per heavy atom. The molecular weight excluding hydrogens is 318 g/mol. The van der Waals surface area contributed by atoms with Gasteiger partial charge in [0.15, 0.2) is 0 Å². The molecule has 3 rings (SSSR count). The number of hydrogen-bond acceptors (Lipinski definition) is 6. The lowest BCUT2D eigenvalue weighted by Crippen LogP contribution is -2.42. The molecule has 0 radical (unpaired) electrons. The fourth-order valence-corrected chi connectivity index (χ4v) is 3.64. The standard InChI is InChI=1S/C18H29N5O2/c1-11-12(2)19-18(22(3)4)21-17(11)23-8-14(13-6-7-13)15(9-23)20-16(24)10-25-5/h13-15H,6-10H2,1-5H3,(H,20,24)/t14-,15+/m0/s1. The lowest BCUT2D eigenvalue weighted by Gasteiger charge is -2.23. The van der Waals surface area contributed by atoms with E-state index in [4.69, 9.17) is 9.72 Å². The van der Waals surface area contributed by atoms with E-state index in [1.54, 1.807) is 7.11 Å². The van der Waals surface area contributed by atoms with Crippen LogP contribution in [0.1, 0.15) is 24.1 Å². The first kappa shape index (κ1) is 17.9. The predicted octanol–water partition coefficient (Wildman–Crippen LogP) is 1.14. The first-order valence-corrected chi connectivity index (χ1v) is 8.96. The quantitative estimate of drug-likeness (QED) is 0.832. The second-order valence-electron chi connectivity index (χ2n) is 7.47. The molecule has 1 aromatic heterocycles. The number of nitrogens with one attached hydrogen (secondary N) is 1. The summed E-state index contributed by atoms with van der Waals surface area (Å²) in [7, 11) is 5.46. The maximum Gasteiger partial charge on any atom is 0.246 e. The van der Waals surface area contributed by atoms with Gasteiger partial charge in [-0.2, -0.15) is 4.98 Å². The summed E-state index contributed by atoms with van der Waals surface area (Å²) in [4.78, 5) is 25.6. The molecule has 2 aliphatic rings. The maximum absolute atomic E-state index is 12.0. The highest BCUT2D eigenvalue weighted by Crippen LogP contribution is 2.42. The van der Waals surface area contributed by atoms with Crippen molar-refractivity contribution in [2.75, 3.05) is 50.7 Å². The van der Waals surface area contributed by atoms with Crippen molar-refractivity contribution in [1.29, 1.82) is 0 Å². The van der Waals surface area contributed by atoms with Gasteiger partial charge in [-0.25, -0.2) is 4.98 Å². The Bertz CT molecular complexity index is 645. The molecule has 1 aromatic rings. The van der Waals surface area contributed by atoms with Gasteiger partial charge < -0.3 is 19.9 Å². The molecule has 2 fully saturated rings. The zero-order valence-electron chi connectivity index (χ0n) is 15.9. The first-order valence-electron chi connectivity index (χ1n) is 8.96. The van der Waals surface area contributed by atoms with E-state index < -0.39 is 0 Å². The van der Waals surface area contributed by atoms with E-state index in [1.165, 1.54) is 12.8 Å². The molecule has 0 aromatic carbocycles. The summed E-state index contributed by atoms with van der Waals surface area (Å²) in [6, 6.07) is 0.160. The van der Waals surface area contributed by atoms with E-state index in [2.05, 4.69) is 22.1 Å². The van der Waals surface area contributed by atoms with E-state index in [0.29, 0.717) is 5.92 Å². The van der Waals surface area contributed by atoms with Crippen molar-refractivity contribution in [2.45, 2.75) is 32.7 Å². The van der Waals surface area contributed by atoms with Crippen LogP contribution in [0.25, 0.3) is 0 Å². The minimum absolute atomic E-state index is 0.0374. The van der Waals surface area contributed by atoms with Crippen LogP contribution in [0.2, 0.25) is 0 Å². The number of hydrogen-bond donors (Lipinski definition) is 1. The van der Waals surface area contributed by atoms with Crippen molar-refractivity contribution in [3.05, 3.63) is 11.3 Å². The minimum Gasteiger partial charge on any atom is -0.375 e. The molecule has 25 heavy (non-hydrogen) atoms. The van der Waals surface area contributed by atoms with Crippen LogP contribution in [0.4, 0.5) is 11.8 Å². The number of rotatable bonds is 6. The zero-order valence-corrected chi connectivity index (χ0v) is 15.9. The van der Waals surface area contributed by atoms with Gasteiger partial charge in [0.25, 0.3) is 0 Å². The number of carbonyl (C=O) groups excluding carboxylic acids is 1. The summed E-state index contributed by atoms with van der Waals surface area (Å²) in [6.45, 7) is 5.95. The fourth-order valence-electron chi connectivity index (χ4n) is 3.64. The summed E-state index contributed by atoms with van der Waals surface area (Å²) >= 11 is 0. The van der Waals surface area contributed by atoms with Gasteiger partial charge in [0.05, 0.1) is 6.04 Å². The third kappa shape index (κ3) is 3.86. The third-order valence-electron chi connectivity index (χ3n) is 5.27. The van der Waals surface area contributed by atoms with Crippen molar-refractivity contribution in [3.63, 3.8) is 0 Å². The third-order valence-corrected chi connectivity index (χ3v) is 5.27. The summed E-state index contributed by atoms with van der Waals surface area (Å²) in [5.41, 5.74) is 2.12. The van der Waals surface area contributed by atoms with Crippen molar-refractivity contribution in [2.24, 2.45) is 11.8 Å². The van der Waals surface area contributed by atoms with Crippen LogP contribution in [-0.2, 0) is 9.53 Å². The number of amides is 1. The number of anilines is 2. The molecule has 2 atom stereocenters. The molecule has 1 aliphatic carbocycles. The monoisotopic (exact) mass is 347 g/mol. The second kappa shape index (κ2) is 7.15. The van der Waals surface area contributed by atoms with Gasteiger partial charge in [0, 0.05) is 51.5 Å². The Balaban J connectivity index is 1.82. The molecule has 0 spiro atoms. The van der Waals surface area contributed by atoms with E-state index >= 15 is 0 Å². The summed E-state index contributed by atoms with van der Waals surface area (Å²) < 4.78 is 4.96. The van der Waals surface area contributed by atoms with Gasteiger partial charge in [0.2, 0.25) is 11.9 Å². The van der Waals surface area contributed by atoms with Crippen molar-refractivity contribution in [1.82, 2.24) is 15.3 Å². The Morgan fingerprint density at radius 1 is 1.28 bits per heavy atom. The maximum atomic E-state index is 12.0.